The molecule has 0 fully saturated rings. The number of carbonyl (C=O) groups is 1. The van der Waals surface area contributed by atoms with Gasteiger partial charge in [0, 0.05) is 31.1 Å². The van der Waals surface area contributed by atoms with Crippen molar-refractivity contribution in [3.8, 4) is 0 Å². The molecule has 3 rings (SSSR count). The van der Waals surface area contributed by atoms with Crippen molar-refractivity contribution in [2.24, 2.45) is 0 Å². The van der Waals surface area contributed by atoms with E-state index >= 15 is 0 Å². The quantitative estimate of drug-likeness (QED) is 0.897. The number of carbonyl (C=O) groups excluding carboxylic acids is 1. The molecule has 1 aliphatic rings. The molecular formula is C20H24N2O3S. The van der Waals surface area contributed by atoms with Crippen LogP contribution in [0.4, 0.5) is 5.69 Å². The Kier molecular flexibility index (Phi) is 4.67. The summed E-state index contributed by atoms with van der Waals surface area (Å²) >= 11 is 0. The third-order valence-corrected chi connectivity index (χ3v) is 6.22. The Hall–Kier alpha value is -2.18. The average Bonchev–Trinajstić information content (AvgIpc) is 2.86. The highest BCUT2D eigenvalue weighted by atomic mass is 32.2. The minimum absolute atomic E-state index is 0.0371. The van der Waals surface area contributed by atoms with Gasteiger partial charge in [0.1, 0.15) is 0 Å². The van der Waals surface area contributed by atoms with E-state index in [1.54, 1.807) is 23.1 Å². The van der Waals surface area contributed by atoms with Gasteiger partial charge in [-0.3, -0.25) is 4.79 Å². The maximum absolute atomic E-state index is 12.7. The van der Waals surface area contributed by atoms with E-state index in [0.29, 0.717) is 6.54 Å². The number of rotatable bonds is 4. The monoisotopic (exact) mass is 372 g/mol. The molecule has 0 radical (unpaired) electrons. The minimum atomic E-state index is -3.63. The van der Waals surface area contributed by atoms with Crippen LogP contribution < -0.4 is 9.62 Å². The van der Waals surface area contributed by atoms with Crippen molar-refractivity contribution in [1.82, 2.24) is 4.72 Å². The maximum atomic E-state index is 12.7. The fourth-order valence-electron chi connectivity index (χ4n) is 3.27. The largest absolute Gasteiger partial charge is 0.311 e. The lowest BCUT2D eigenvalue weighted by molar-refractivity contribution is -0.116. The second-order valence-corrected chi connectivity index (χ2v) is 9.25. The molecule has 0 aliphatic carbocycles. The lowest BCUT2D eigenvalue weighted by Crippen LogP contribution is -2.31. The number of nitrogens with zero attached hydrogens (tertiary/aromatic N) is 1. The first kappa shape index (κ1) is 18.6. The van der Waals surface area contributed by atoms with Gasteiger partial charge < -0.3 is 4.90 Å². The van der Waals surface area contributed by atoms with Gasteiger partial charge in [0.15, 0.2) is 0 Å². The Bertz CT molecular complexity index is 948. The SMILES string of the molecule is CC(=O)N1CC(C)(C)c2cc(S(=O)(=O)NCc3ccc(C)cc3)ccc21. The van der Waals surface area contributed by atoms with Gasteiger partial charge in [-0.05, 0) is 36.2 Å². The van der Waals surface area contributed by atoms with Crippen LogP contribution in [0.2, 0.25) is 0 Å². The molecule has 0 unspecified atom stereocenters. The summed E-state index contributed by atoms with van der Waals surface area (Å²) in [5, 5.41) is 0. The van der Waals surface area contributed by atoms with Crippen LogP contribution in [0.1, 0.15) is 37.5 Å². The summed E-state index contributed by atoms with van der Waals surface area (Å²) in [4.78, 5) is 13.8. The van der Waals surface area contributed by atoms with Crippen LogP contribution in [-0.4, -0.2) is 20.9 Å². The molecule has 2 aromatic rings. The number of hydrogen-bond acceptors (Lipinski definition) is 3. The Morgan fingerprint density at radius 2 is 1.81 bits per heavy atom. The fourth-order valence-corrected chi connectivity index (χ4v) is 4.32. The lowest BCUT2D eigenvalue weighted by Gasteiger charge is -2.19. The van der Waals surface area contributed by atoms with Gasteiger partial charge in [-0.15, -0.1) is 0 Å². The standard InChI is InChI=1S/C20H24N2O3S/c1-14-5-7-16(8-6-14)12-21-26(24,25)17-9-10-19-18(11-17)20(3,4)13-22(19)15(2)23/h5-11,21H,12-13H2,1-4H3. The van der Waals surface area contributed by atoms with Crippen molar-refractivity contribution in [3.63, 3.8) is 0 Å². The first-order valence-corrected chi connectivity index (χ1v) is 10.1. The van der Waals surface area contributed by atoms with Crippen LogP contribution in [-0.2, 0) is 26.8 Å². The molecule has 0 bridgehead atoms. The highest BCUT2D eigenvalue weighted by molar-refractivity contribution is 7.89. The smallest absolute Gasteiger partial charge is 0.240 e. The summed E-state index contributed by atoms with van der Waals surface area (Å²) in [6.07, 6.45) is 0. The predicted molar refractivity (Wildman–Crippen MR) is 103 cm³/mol. The zero-order chi connectivity index (χ0) is 19.1. The van der Waals surface area contributed by atoms with E-state index in [0.717, 1.165) is 22.4 Å². The molecule has 0 saturated heterocycles. The molecule has 5 nitrogen and oxygen atoms in total. The summed E-state index contributed by atoms with van der Waals surface area (Å²) in [5.74, 6) is -0.0371. The molecule has 0 saturated carbocycles. The van der Waals surface area contributed by atoms with E-state index in [9.17, 15) is 13.2 Å². The Morgan fingerprint density at radius 3 is 2.42 bits per heavy atom. The molecule has 1 aliphatic heterocycles. The Labute approximate surface area is 155 Å². The third-order valence-electron chi connectivity index (χ3n) is 4.82. The van der Waals surface area contributed by atoms with E-state index in [-0.39, 0.29) is 22.8 Å². The molecule has 2 aromatic carbocycles. The second kappa shape index (κ2) is 6.52. The number of amides is 1. The highest BCUT2D eigenvalue weighted by Gasteiger charge is 2.37. The maximum Gasteiger partial charge on any atom is 0.240 e. The zero-order valence-electron chi connectivity index (χ0n) is 15.5. The first-order valence-electron chi connectivity index (χ1n) is 8.58. The molecule has 0 atom stereocenters. The molecule has 26 heavy (non-hydrogen) atoms. The third kappa shape index (κ3) is 3.52. The summed E-state index contributed by atoms with van der Waals surface area (Å²) in [7, 11) is -3.63. The molecule has 1 N–H and O–H groups in total. The van der Waals surface area contributed by atoms with Crippen molar-refractivity contribution in [2.75, 3.05) is 11.4 Å². The first-order chi connectivity index (χ1) is 12.1. The van der Waals surface area contributed by atoms with Gasteiger partial charge in [0.05, 0.1) is 4.90 Å². The number of fused-ring (bicyclic) bond motifs is 1. The topological polar surface area (TPSA) is 66.5 Å². The van der Waals surface area contributed by atoms with Gasteiger partial charge in [0.25, 0.3) is 0 Å². The van der Waals surface area contributed by atoms with E-state index in [2.05, 4.69) is 4.72 Å². The summed E-state index contributed by atoms with van der Waals surface area (Å²) in [5.41, 5.74) is 3.42. The normalized spacial score (nSPS) is 15.8. The van der Waals surface area contributed by atoms with Crippen molar-refractivity contribution < 1.29 is 13.2 Å². The summed E-state index contributed by atoms with van der Waals surface area (Å²) in [6.45, 7) is 8.35. The van der Waals surface area contributed by atoms with Gasteiger partial charge in [-0.1, -0.05) is 43.7 Å². The van der Waals surface area contributed by atoms with Crippen LogP contribution >= 0.6 is 0 Å². The van der Waals surface area contributed by atoms with E-state index < -0.39 is 10.0 Å². The van der Waals surface area contributed by atoms with Gasteiger partial charge in [-0.25, -0.2) is 13.1 Å². The van der Waals surface area contributed by atoms with Crippen molar-refractivity contribution in [1.29, 1.82) is 0 Å². The van der Waals surface area contributed by atoms with E-state index in [1.807, 2.05) is 45.0 Å². The molecular weight excluding hydrogens is 348 g/mol. The van der Waals surface area contributed by atoms with Crippen molar-refractivity contribution >= 4 is 21.6 Å². The Balaban J connectivity index is 1.87. The molecule has 0 spiro atoms. The molecule has 1 heterocycles. The summed E-state index contributed by atoms with van der Waals surface area (Å²) in [6, 6.07) is 12.7. The van der Waals surface area contributed by atoms with E-state index in [1.165, 1.54) is 6.92 Å². The zero-order valence-corrected chi connectivity index (χ0v) is 16.4. The summed E-state index contributed by atoms with van der Waals surface area (Å²) < 4.78 is 28.1. The lowest BCUT2D eigenvalue weighted by atomic mass is 9.87. The van der Waals surface area contributed by atoms with Crippen LogP contribution in [0.15, 0.2) is 47.4 Å². The molecule has 6 heteroatoms. The fraction of sp³-hybridized carbons (Fsp3) is 0.350. The number of hydrogen-bond donors (Lipinski definition) is 1. The number of anilines is 1. The van der Waals surface area contributed by atoms with Crippen LogP contribution in [0.3, 0.4) is 0 Å². The van der Waals surface area contributed by atoms with Crippen LogP contribution in [0, 0.1) is 6.92 Å². The Morgan fingerprint density at radius 1 is 1.15 bits per heavy atom. The molecule has 1 amide bonds. The van der Waals surface area contributed by atoms with Crippen LogP contribution in [0.25, 0.3) is 0 Å². The number of benzene rings is 2. The predicted octanol–water partition coefficient (Wildman–Crippen LogP) is 3.12. The number of aryl methyl sites for hydroxylation is 1. The highest BCUT2D eigenvalue weighted by Crippen LogP contribution is 2.41. The van der Waals surface area contributed by atoms with Gasteiger partial charge in [-0.2, -0.15) is 0 Å². The van der Waals surface area contributed by atoms with Gasteiger partial charge in [0.2, 0.25) is 15.9 Å². The minimum Gasteiger partial charge on any atom is -0.311 e. The molecule has 0 aromatic heterocycles. The second-order valence-electron chi connectivity index (χ2n) is 7.48. The van der Waals surface area contributed by atoms with E-state index in [4.69, 9.17) is 0 Å². The van der Waals surface area contributed by atoms with Gasteiger partial charge >= 0.3 is 0 Å². The van der Waals surface area contributed by atoms with Crippen LogP contribution in [0.5, 0.6) is 0 Å². The molecule has 138 valence electrons. The number of sulfonamides is 1. The average molecular weight is 372 g/mol. The van der Waals surface area contributed by atoms with Crippen molar-refractivity contribution in [2.45, 2.75) is 44.6 Å². The number of nitrogens with one attached hydrogen (secondary N) is 1. The van der Waals surface area contributed by atoms with Crippen molar-refractivity contribution in [3.05, 3.63) is 59.2 Å².